The van der Waals surface area contributed by atoms with Gasteiger partial charge in [-0.1, -0.05) is 24.3 Å². The Morgan fingerprint density at radius 2 is 1.60 bits per heavy atom. The Morgan fingerprint density at radius 1 is 1.00 bits per heavy atom. The standard InChI is InChI=1S/C15H12ClF3O/c1-9-8-11(4-7-13(9)17)14(16)10-2-5-12(6-3-10)20-15(18)19/h2-8,14-15H,1H3. The molecule has 0 aliphatic carbocycles. The lowest BCUT2D eigenvalue weighted by Crippen LogP contribution is -2.02. The Hall–Kier alpha value is -1.68. The van der Waals surface area contributed by atoms with E-state index < -0.39 is 12.0 Å². The van der Waals surface area contributed by atoms with Crippen molar-refractivity contribution in [2.45, 2.75) is 18.9 Å². The minimum Gasteiger partial charge on any atom is -0.435 e. The number of alkyl halides is 3. The third-order valence-corrected chi connectivity index (χ3v) is 3.38. The SMILES string of the molecule is Cc1cc(C(Cl)c2ccc(OC(F)F)cc2)ccc1F. The highest BCUT2D eigenvalue weighted by atomic mass is 35.5. The van der Waals surface area contributed by atoms with Crippen LogP contribution in [0.1, 0.15) is 22.1 Å². The Labute approximate surface area is 119 Å². The van der Waals surface area contributed by atoms with Gasteiger partial charge >= 0.3 is 6.61 Å². The second-order valence-corrected chi connectivity index (χ2v) is 4.76. The van der Waals surface area contributed by atoms with E-state index in [0.717, 1.165) is 11.1 Å². The number of hydrogen-bond donors (Lipinski definition) is 0. The molecule has 2 aromatic carbocycles. The van der Waals surface area contributed by atoms with Gasteiger partial charge in [-0.05, 0) is 41.8 Å². The van der Waals surface area contributed by atoms with E-state index in [1.54, 1.807) is 31.2 Å². The van der Waals surface area contributed by atoms with Gasteiger partial charge in [-0.2, -0.15) is 8.78 Å². The van der Waals surface area contributed by atoms with Crippen LogP contribution in [0.2, 0.25) is 0 Å². The van der Waals surface area contributed by atoms with Gasteiger partial charge in [0.15, 0.2) is 0 Å². The van der Waals surface area contributed by atoms with Crippen molar-refractivity contribution >= 4 is 11.6 Å². The monoisotopic (exact) mass is 300 g/mol. The molecule has 0 saturated carbocycles. The zero-order valence-electron chi connectivity index (χ0n) is 10.6. The molecule has 106 valence electrons. The topological polar surface area (TPSA) is 9.23 Å². The van der Waals surface area contributed by atoms with Gasteiger partial charge in [-0.15, -0.1) is 11.6 Å². The summed E-state index contributed by atoms with van der Waals surface area (Å²) < 4.78 is 41.6. The van der Waals surface area contributed by atoms with Crippen molar-refractivity contribution < 1.29 is 17.9 Å². The third kappa shape index (κ3) is 3.45. The summed E-state index contributed by atoms with van der Waals surface area (Å²) in [6, 6.07) is 10.7. The molecule has 5 heteroatoms. The first kappa shape index (κ1) is 14.7. The fourth-order valence-electron chi connectivity index (χ4n) is 1.84. The lowest BCUT2D eigenvalue weighted by atomic mass is 10.0. The lowest BCUT2D eigenvalue weighted by molar-refractivity contribution is -0.0498. The molecule has 0 amide bonds. The van der Waals surface area contributed by atoms with Crippen LogP contribution >= 0.6 is 11.6 Å². The van der Waals surface area contributed by atoms with Crippen LogP contribution in [0.4, 0.5) is 13.2 Å². The molecule has 0 aliphatic rings. The first-order valence-electron chi connectivity index (χ1n) is 5.92. The number of benzene rings is 2. The van der Waals surface area contributed by atoms with E-state index in [1.807, 2.05) is 0 Å². The summed E-state index contributed by atoms with van der Waals surface area (Å²) in [5, 5.41) is -0.477. The van der Waals surface area contributed by atoms with Gasteiger partial charge in [-0.25, -0.2) is 4.39 Å². The van der Waals surface area contributed by atoms with Crippen molar-refractivity contribution in [1.29, 1.82) is 0 Å². The molecule has 2 aromatic rings. The van der Waals surface area contributed by atoms with Gasteiger partial charge in [0.25, 0.3) is 0 Å². The van der Waals surface area contributed by atoms with Gasteiger partial charge < -0.3 is 4.74 Å². The van der Waals surface area contributed by atoms with E-state index in [0.29, 0.717) is 5.56 Å². The Bertz CT molecular complexity index is 584. The molecular weight excluding hydrogens is 289 g/mol. The summed E-state index contributed by atoms with van der Waals surface area (Å²) in [5.74, 6) is -0.221. The number of rotatable bonds is 4. The smallest absolute Gasteiger partial charge is 0.387 e. The van der Waals surface area contributed by atoms with Crippen LogP contribution in [-0.2, 0) is 0 Å². The molecule has 1 atom stereocenters. The highest BCUT2D eigenvalue weighted by molar-refractivity contribution is 6.22. The fourth-order valence-corrected chi connectivity index (χ4v) is 2.12. The summed E-state index contributed by atoms with van der Waals surface area (Å²) in [4.78, 5) is 0. The first-order chi connectivity index (χ1) is 9.47. The highest BCUT2D eigenvalue weighted by Gasteiger charge is 2.13. The lowest BCUT2D eigenvalue weighted by Gasteiger charge is -2.12. The van der Waals surface area contributed by atoms with Crippen LogP contribution in [0.25, 0.3) is 0 Å². The fraction of sp³-hybridized carbons (Fsp3) is 0.200. The van der Waals surface area contributed by atoms with Crippen molar-refractivity contribution in [3.8, 4) is 5.75 Å². The van der Waals surface area contributed by atoms with Crippen LogP contribution in [0.15, 0.2) is 42.5 Å². The summed E-state index contributed by atoms with van der Waals surface area (Å²) >= 11 is 6.30. The molecule has 20 heavy (non-hydrogen) atoms. The quantitative estimate of drug-likeness (QED) is 0.717. The molecule has 0 N–H and O–H groups in total. The minimum atomic E-state index is -2.85. The summed E-state index contributed by atoms with van der Waals surface area (Å²) in [5.41, 5.74) is 1.97. The molecule has 0 heterocycles. The molecular formula is C15H12ClF3O. The first-order valence-corrected chi connectivity index (χ1v) is 6.36. The number of aryl methyl sites for hydroxylation is 1. The maximum atomic E-state index is 13.2. The molecule has 0 aliphatic heterocycles. The zero-order chi connectivity index (χ0) is 14.7. The number of ether oxygens (including phenoxy) is 1. The minimum absolute atomic E-state index is 0.0721. The largest absolute Gasteiger partial charge is 0.435 e. The second-order valence-electron chi connectivity index (χ2n) is 4.32. The molecule has 0 radical (unpaired) electrons. The highest BCUT2D eigenvalue weighted by Crippen LogP contribution is 2.31. The van der Waals surface area contributed by atoms with Gasteiger partial charge in [0.05, 0.1) is 5.38 Å². The molecule has 0 fully saturated rings. The van der Waals surface area contributed by atoms with Crippen molar-refractivity contribution in [3.63, 3.8) is 0 Å². The molecule has 2 rings (SSSR count). The van der Waals surface area contributed by atoms with E-state index in [-0.39, 0.29) is 11.6 Å². The van der Waals surface area contributed by atoms with Crippen LogP contribution in [0.3, 0.4) is 0 Å². The Balaban J connectivity index is 2.20. The third-order valence-electron chi connectivity index (χ3n) is 2.87. The van der Waals surface area contributed by atoms with Crippen LogP contribution < -0.4 is 4.74 Å². The van der Waals surface area contributed by atoms with Crippen LogP contribution in [-0.4, -0.2) is 6.61 Å². The molecule has 0 spiro atoms. The van der Waals surface area contributed by atoms with E-state index in [1.165, 1.54) is 18.2 Å². The number of halogens is 4. The zero-order valence-corrected chi connectivity index (χ0v) is 11.4. The molecule has 0 aromatic heterocycles. The maximum Gasteiger partial charge on any atom is 0.387 e. The van der Waals surface area contributed by atoms with E-state index in [9.17, 15) is 13.2 Å². The van der Waals surface area contributed by atoms with Crippen LogP contribution in [0.5, 0.6) is 5.75 Å². The Kier molecular flexibility index (Phi) is 4.55. The van der Waals surface area contributed by atoms with Crippen molar-refractivity contribution in [1.82, 2.24) is 0 Å². The van der Waals surface area contributed by atoms with E-state index in [2.05, 4.69) is 4.74 Å². The molecule has 0 bridgehead atoms. The van der Waals surface area contributed by atoms with Gasteiger partial charge in [0.1, 0.15) is 11.6 Å². The number of hydrogen-bond acceptors (Lipinski definition) is 1. The van der Waals surface area contributed by atoms with Crippen molar-refractivity contribution in [2.75, 3.05) is 0 Å². The summed E-state index contributed by atoms with van der Waals surface area (Å²) in [6.45, 7) is -1.20. The molecule has 1 nitrogen and oxygen atoms in total. The molecule has 0 saturated heterocycles. The van der Waals surface area contributed by atoms with Gasteiger partial charge in [0, 0.05) is 0 Å². The maximum absolute atomic E-state index is 13.2. The van der Waals surface area contributed by atoms with Gasteiger partial charge in [0.2, 0.25) is 0 Å². The predicted octanol–water partition coefficient (Wildman–Crippen LogP) is 5.06. The second kappa shape index (κ2) is 6.18. The van der Waals surface area contributed by atoms with E-state index >= 15 is 0 Å². The normalized spacial score (nSPS) is 12.5. The van der Waals surface area contributed by atoms with Crippen molar-refractivity contribution in [2.24, 2.45) is 0 Å². The summed E-state index contributed by atoms with van der Waals surface area (Å²) in [6.07, 6.45) is 0. The van der Waals surface area contributed by atoms with Crippen LogP contribution in [0, 0.1) is 12.7 Å². The predicted molar refractivity (Wildman–Crippen MR) is 71.9 cm³/mol. The van der Waals surface area contributed by atoms with Crippen molar-refractivity contribution in [3.05, 3.63) is 65.0 Å². The summed E-state index contributed by atoms with van der Waals surface area (Å²) in [7, 11) is 0. The average molecular weight is 301 g/mol. The average Bonchev–Trinajstić information content (AvgIpc) is 2.41. The Morgan fingerprint density at radius 3 is 2.15 bits per heavy atom. The molecule has 1 unspecified atom stereocenters. The van der Waals surface area contributed by atoms with Gasteiger partial charge in [-0.3, -0.25) is 0 Å². The van der Waals surface area contributed by atoms with E-state index in [4.69, 9.17) is 11.6 Å².